The van der Waals surface area contributed by atoms with Crippen molar-refractivity contribution < 1.29 is 14.1 Å². The third kappa shape index (κ3) is 3.52. The van der Waals surface area contributed by atoms with Crippen molar-refractivity contribution in [3.63, 3.8) is 0 Å². The van der Waals surface area contributed by atoms with Gasteiger partial charge in [-0.25, -0.2) is 4.79 Å². The topological polar surface area (TPSA) is 68.5 Å². The molecule has 0 bridgehead atoms. The highest BCUT2D eigenvalue weighted by Crippen LogP contribution is 2.32. The Labute approximate surface area is 135 Å². The van der Waals surface area contributed by atoms with Crippen molar-refractivity contribution in [1.29, 1.82) is 0 Å². The molecule has 6 heteroatoms. The summed E-state index contributed by atoms with van der Waals surface area (Å²) in [6, 6.07) is 9.47. The first kappa shape index (κ1) is 15.5. The van der Waals surface area contributed by atoms with Crippen LogP contribution in [0.15, 0.2) is 34.9 Å². The predicted molar refractivity (Wildman–Crippen MR) is 84.7 cm³/mol. The van der Waals surface area contributed by atoms with E-state index in [0.717, 1.165) is 31.2 Å². The molecule has 2 heterocycles. The number of carbonyl (C=O) groups is 1. The van der Waals surface area contributed by atoms with Crippen LogP contribution in [0.4, 0.5) is 4.79 Å². The molecule has 1 aliphatic rings. The monoisotopic (exact) mass is 315 g/mol. The second kappa shape index (κ2) is 7.26. The molecule has 3 rings (SSSR count). The highest BCUT2D eigenvalue weighted by atomic mass is 16.6. The van der Waals surface area contributed by atoms with Gasteiger partial charge in [-0.15, -0.1) is 0 Å². The maximum atomic E-state index is 12.2. The maximum Gasteiger partial charge on any atom is 0.410 e. The molecule has 1 fully saturated rings. The van der Waals surface area contributed by atoms with Crippen LogP contribution in [-0.4, -0.2) is 34.3 Å². The van der Waals surface area contributed by atoms with Gasteiger partial charge in [0.2, 0.25) is 11.7 Å². The summed E-state index contributed by atoms with van der Waals surface area (Å²) in [5.41, 5.74) is 0.901. The Morgan fingerprint density at radius 1 is 1.39 bits per heavy atom. The molecule has 1 aromatic heterocycles. The molecular weight excluding hydrogens is 294 g/mol. The van der Waals surface area contributed by atoms with Crippen LogP contribution in [0.25, 0.3) is 11.4 Å². The zero-order chi connectivity index (χ0) is 16.1. The molecule has 0 aliphatic carbocycles. The molecular formula is C17H21N3O3. The van der Waals surface area contributed by atoms with Crippen molar-refractivity contribution >= 4 is 6.09 Å². The minimum atomic E-state index is -0.291. The Bertz CT molecular complexity index is 642. The van der Waals surface area contributed by atoms with Crippen LogP contribution in [0, 0.1) is 0 Å². The SMILES string of the molecule is CCCCOC(=O)N1CCC[C@@H]1c1nc(-c2ccccc2)no1. The fourth-order valence-electron chi connectivity index (χ4n) is 2.70. The smallest absolute Gasteiger partial charge is 0.410 e. The van der Waals surface area contributed by atoms with Crippen molar-refractivity contribution in [2.24, 2.45) is 0 Å². The summed E-state index contributed by atoms with van der Waals surface area (Å²) in [5.74, 6) is 1.03. The molecule has 6 nitrogen and oxygen atoms in total. The molecule has 122 valence electrons. The summed E-state index contributed by atoms with van der Waals surface area (Å²) in [6.45, 7) is 3.19. The molecule has 0 spiro atoms. The number of hydrogen-bond acceptors (Lipinski definition) is 5. The van der Waals surface area contributed by atoms with Gasteiger partial charge in [0.1, 0.15) is 6.04 Å². The third-order valence-electron chi connectivity index (χ3n) is 3.97. The lowest BCUT2D eigenvalue weighted by Crippen LogP contribution is -2.31. The summed E-state index contributed by atoms with van der Waals surface area (Å²) in [6.07, 6.45) is 3.32. The van der Waals surface area contributed by atoms with E-state index in [4.69, 9.17) is 9.26 Å². The lowest BCUT2D eigenvalue weighted by atomic mass is 10.2. The van der Waals surface area contributed by atoms with E-state index in [2.05, 4.69) is 17.1 Å². The number of unbranched alkanes of at least 4 members (excludes halogenated alkanes) is 1. The summed E-state index contributed by atoms with van der Waals surface area (Å²) in [5, 5.41) is 4.04. The first-order valence-corrected chi connectivity index (χ1v) is 8.12. The van der Waals surface area contributed by atoms with E-state index in [1.54, 1.807) is 4.90 Å². The maximum absolute atomic E-state index is 12.2. The molecule has 1 atom stereocenters. The van der Waals surface area contributed by atoms with Gasteiger partial charge >= 0.3 is 6.09 Å². The third-order valence-corrected chi connectivity index (χ3v) is 3.97. The van der Waals surface area contributed by atoms with Gasteiger partial charge < -0.3 is 9.26 Å². The number of aromatic nitrogens is 2. The van der Waals surface area contributed by atoms with E-state index in [9.17, 15) is 4.79 Å². The normalized spacial score (nSPS) is 17.4. The molecule has 0 unspecified atom stereocenters. The van der Waals surface area contributed by atoms with Crippen LogP contribution in [0.3, 0.4) is 0 Å². The number of ether oxygens (including phenoxy) is 1. The standard InChI is InChI=1S/C17H21N3O3/c1-2-3-12-22-17(21)20-11-7-10-14(20)16-18-15(19-23-16)13-8-5-4-6-9-13/h4-6,8-9,14H,2-3,7,10-12H2,1H3/t14-/m1/s1. The number of hydrogen-bond donors (Lipinski definition) is 0. The van der Waals surface area contributed by atoms with Crippen LogP contribution in [0.5, 0.6) is 0 Å². The summed E-state index contributed by atoms with van der Waals surface area (Å²) >= 11 is 0. The second-order valence-corrected chi connectivity index (χ2v) is 5.64. The van der Waals surface area contributed by atoms with Gasteiger partial charge in [-0.05, 0) is 19.3 Å². The Hall–Kier alpha value is -2.37. The minimum Gasteiger partial charge on any atom is -0.449 e. The Balaban J connectivity index is 1.71. The van der Waals surface area contributed by atoms with Crippen molar-refractivity contribution in [2.75, 3.05) is 13.2 Å². The molecule has 1 aromatic carbocycles. The molecule has 23 heavy (non-hydrogen) atoms. The number of nitrogens with zero attached hydrogens (tertiary/aromatic N) is 3. The van der Waals surface area contributed by atoms with Gasteiger partial charge in [0.05, 0.1) is 6.61 Å². The average molecular weight is 315 g/mol. The van der Waals surface area contributed by atoms with E-state index in [-0.39, 0.29) is 12.1 Å². The van der Waals surface area contributed by atoms with Crippen molar-refractivity contribution in [3.05, 3.63) is 36.2 Å². The molecule has 1 saturated heterocycles. The summed E-state index contributed by atoms with van der Waals surface area (Å²) in [7, 11) is 0. The molecule has 0 radical (unpaired) electrons. The molecule has 2 aromatic rings. The van der Waals surface area contributed by atoms with Crippen molar-refractivity contribution in [2.45, 2.75) is 38.6 Å². The lowest BCUT2D eigenvalue weighted by Gasteiger charge is -2.21. The predicted octanol–water partition coefficient (Wildman–Crippen LogP) is 3.81. The Morgan fingerprint density at radius 3 is 3.00 bits per heavy atom. The minimum absolute atomic E-state index is 0.186. The fourth-order valence-corrected chi connectivity index (χ4v) is 2.70. The summed E-state index contributed by atoms with van der Waals surface area (Å²) in [4.78, 5) is 18.4. The van der Waals surface area contributed by atoms with E-state index in [0.29, 0.717) is 24.9 Å². The first-order chi connectivity index (χ1) is 11.3. The molecule has 1 aliphatic heterocycles. The lowest BCUT2D eigenvalue weighted by molar-refractivity contribution is 0.0911. The van der Waals surface area contributed by atoms with Gasteiger partial charge in [-0.2, -0.15) is 4.98 Å². The van der Waals surface area contributed by atoms with Gasteiger partial charge in [0, 0.05) is 12.1 Å². The van der Waals surface area contributed by atoms with E-state index in [1.807, 2.05) is 30.3 Å². The van der Waals surface area contributed by atoms with Gasteiger partial charge in [0.15, 0.2) is 0 Å². The van der Waals surface area contributed by atoms with Crippen molar-refractivity contribution in [3.8, 4) is 11.4 Å². The van der Waals surface area contributed by atoms with Crippen LogP contribution in [0.1, 0.15) is 44.5 Å². The van der Waals surface area contributed by atoms with E-state index >= 15 is 0 Å². The highest BCUT2D eigenvalue weighted by molar-refractivity contribution is 5.68. The first-order valence-electron chi connectivity index (χ1n) is 8.12. The number of amides is 1. The fraction of sp³-hybridized carbons (Fsp3) is 0.471. The van der Waals surface area contributed by atoms with E-state index in [1.165, 1.54) is 0 Å². The van der Waals surface area contributed by atoms with E-state index < -0.39 is 0 Å². The second-order valence-electron chi connectivity index (χ2n) is 5.64. The summed E-state index contributed by atoms with van der Waals surface area (Å²) < 4.78 is 10.7. The van der Waals surface area contributed by atoms with Crippen LogP contribution in [-0.2, 0) is 4.74 Å². The largest absolute Gasteiger partial charge is 0.449 e. The number of benzene rings is 1. The van der Waals surface area contributed by atoms with Crippen LogP contribution < -0.4 is 0 Å². The quantitative estimate of drug-likeness (QED) is 0.785. The van der Waals surface area contributed by atoms with Crippen LogP contribution >= 0.6 is 0 Å². The molecule has 1 amide bonds. The van der Waals surface area contributed by atoms with Crippen molar-refractivity contribution in [1.82, 2.24) is 15.0 Å². The molecule has 0 saturated carbocycles. The number of rotatable bonds is 5. The Morgan fingerprint density at radius 2 is 2.22 bits per heavy atom. The number of likely N-dealkylation sites (tertiary alicyclic amines) is 1. The average Bonchev–Trinajstić information content (AvgIpc) is 3.25. The highest BCUT2D eigenvalue weighted by Gasteiger charge is 2.35. The Kier molecular flexibility index (Phi) is 4.90. The van der Waals surface area contributed by atoms with Gasteiger partial charge in [-0.1, -0.05) is 48.8 Å². The van der Waals surface area contributed by atoms with Gasteiger partial charge in [0.25, 0.3) is 0 Å². The number of carbonyl (C=O) groups excluding carboxylic acids is 1. The van der Waals surface area contributed by atoms with Crippen LogP contribution in [0.2, 0.25) is 0 Å². The zero-order valence-corrected chi connectivity index (χ0v) is 13.3. The molecule has 0 N–H and O–H groups in total. The van der Waals surface area contributed by atoms with Gasteiger partial charge in [-0.3, -0.25) is 4.90 Å². The zero-order valence-electron chi connectivity index (χ0n) is 13.3.